The van der Waals surface area contributed by atoms with Crippen LogP contribution in [0.2, 0.25) is 0 Å². The molecule has 0 aliphatic carbocycles. The van der Waals surface area contributed by atoms with Crippen LogP contribution in [0.5, 0.6) is 5.88 Å². The number of nitrogen functional groups attached to an aromatic ring is 1. The first-order valence-electron chi connectivity index (χ1n) is 7.25. The van der Waals surface area contributed by atoms with E-state index in [9.17, 15) is 15.3 Å². The van der Waals surface area contributed by atoms with Crippen LogP contribution in [-0.2, 0) is 4.74 Å². The molecule has 2 aromatic rings. The zero-order valence-electron chi connectivity index (χ0n) is 12.5. The molecule has 3 rings (SSSR count). The molecule has 1 aliphatic heterocycles. The smallest absolute Gasteiger partial charge is 0.247 e. The van der Waals surface area contributed by atoms with E-state index in [1.807, 2.05) is 0 Å². The van der Waals surface area contributed by atoms with Gasteiger partial charge in [-0.25, -0.2) is 4.98 Å². The molecule has 23 heavy (non-hydrogen) atoms. The molecule has 4 atom stereocenters. The zero-order valence-corrected chi connectivity index (χ0v) is 12.5. The molecule has 0 unspecified atom stereocenters. The monoisotopic (exact) mass is 325 g/mol. The fraction of sp³-hybridized carbons (Fsp3) is 0.615. The summed E-state index contributed by atoms with van der Waals surface area (Å²) < 4.78 is 12.6. The minimum atomic E-state index is -0.771. The third kappa shape index (κ3) is 3.06. The van der Waals surface area contributed by atoms with Crippen LogP contribution in [0.15, 0.2) is 6.33 Å². The van der Waals surface area contributed by atoms with Crippen molar-refractivity contribution in [1.82, 2.24) is 19.5 Å². The minimum Gasteiger partial charge on any atom is -0.473 e. The maximum atomic E-state index is 9.86. The number of aliphatic hydroxyl groups excluding tert-OH is 3. The summed E-state index contributed by atoms with van der Waals surface area (Å²) in [4.78, 5) is 12.3. The van der Waals surface area contributed by atoms with E-state index in [0.717, 1.165) is 0 Å². The van der Waals surface area contributed by atoms with Crippen molar-refractivity contribution in [2.24, 2.45) is 0 Å². The van der Waals surface area contributed by atoms with E-state index in [4.69, 9.17) is 15.2 Å². The van der Waals surface area contributed by atoms with Crippen LogP contribution in [-0.4, -0.2) is 66.4 Å². The Kier molecular flexibility index (Phi) is 4.31. The zero-order chi connectivity index (χ0) is 16.6. The molecule has 1 aliphatic rings. The Morgan fingerprint density at radius 3 is 2.96 bits per heavy atom. The van der Waals surface area contributed by atoms with E-state index in [0.29, 0.717) is 17.6 Å². The first-order chi connectivity index (χ1) is 11.0. The Hall–Kier alpha value is -2.01. The summed E-state index contributed by atoms with van der Waals surface area (Å²) in [5.74, 6) is 0.168. The number of imidazole rings is 1. The second kappa shape index (κ2) is 6.24. The molecule has 1 saturated heterocycles. The van der Waals surface area contributed by atoms with Gasteiger partial charge in [0.15, 0.2) is 11.2 Å². The van der Waals surface area contributed by atoms with Gasteiger partial charge in [0.2, 0.25) is 11.8 Å². The number of hydrogen-bond donors (Lipinski definition) is 4. The van der Waals surface area contributed by atoms with Crippen molar-refractivity contribution in [1.29, 1.82) is 0 Å². The highest BCUT2D eigenvalue weighted by atomic mass is 16.5. The topological polar surface area (TPSA) is 149 Å². The van der Waals surface area contributed by atoms with Crippen LogP contribution in [0.25, 0.3) is 11.2 Å². The SMILES string of the molecule is C[C@H](O)COc1nc(N)nc2c1ncn2[C@H]1C[C@H](O)[C@@H](CO)O1. The number of fused-ring (bicyclic) bond motifs is 1. The highest BCUT2D eigenvalue weighted by Crippen LogP contribution is 2.32. The van der Waals surface area contributed by atoms with Gasteiger partial charge in [0, 0.05) is 6.42 Å². The predicted octanol–water partition coefficient (Wildman–Crippen LogP) is -1.19. The van der Waals surface area contributed by atoms with Crippen LogP contribution in [0.3, 0.4) is 0 Å². The second-order valence-corrected chi connectivity index (χ2v) is 5.49. The Morgan fingerprint density at radius 1 is 1.52 bits per heavy atom. The van der Waals surface area contributed by atoms with E-state index in [-0.39, 0.29) is 25.0 Å². The molecule has 10 heteroatoms. The number of nitrogens with two attached hydrogens (primary N) is 1. The third-order valence-corrected chi connectivity index (χ3v) is 3.56. The lowest BCUT2D eigenvalue weighted by Crippen LogP contribution is -2.24. The van der Waals surface area contributed by atoms with Gasteiger partial charge in [-0.05, 0) is 6.92 Å². The summed E-state index contributed by atoms with van der Waals surface area (Å²) in [6, 6.07) is 0. The summed E-state index contributed by atoms with van der Waals surface area (Å²) in [7, 11) is 0. The van der Waals surface area contributed by atoms with Gasteiger partial charge in [0.1, 0.15) is 18.9 Å². The molecule has 5 N–H and O–H groups in total. The average Bonchev–Trinajstić information content (AvgIpc) is 3.07. The summed E-state index contributed by atoms with van der Waals surface area (Å²) in [5, 5.41) is 28.4. The largest absolute Gasteiger partial charge is 0.473 e. The number of aromatic nitrogens is 4. The third-order valence-electron chi connectivity index (χ3n) is 3.56. The van der Waals surface area contributed by atoms with Crippen LogP contribution in [0.4, 0.5) is 5.95 Å². The van der Waals surface area contributed by atoms with Crippen molar-refractivity contribution in [3.05, 3.63) is 6.33 Å². The summed E-state index contributed by atoms with van der Waals surface area (Å²) in [6.07, 6.45) is -0.821. The fourth-order valence-electron chi connectivity index (χ4n) is 2.47. The van der Waals surface area contributed by atoms with Gasteiger partial charge in [-0.2, -0.15) is 9.97 Å². The minimum absolute atomic E-state index is 0.00269. The first-order valence-corrected chi connectivity index (χ1v) is 7.25. The molecule has 10 nitrogen and oxygen atoms in total. The van der Waals surface area contributed by atoms with Crippen molar-refractivity contribution in [2.45, 2.75) is 37.9 Å². The van der Waals surface area contributed by atoms with Gasteiger partial charge in [0.25, 0.3) is 0 Å². The fourth-order valence-corrected chi connectivity index (χ4v) is 2.47. The number of aliphatic hydroxyl groups is 3. The lowest BCUT2D eigenvalue weighted by atomic mass is 10.2. The average molecular weight is 325 g/mol. The van der Waals surface area contributed by atoms with Gasteiger partial charge in [0.05, 0.1) is 25.1 Å². The Morgan fingerprint density at radius 2 is 2.30 bits per heavy atom. The van der Waals surface area contributed by atoms with Crippen LogP contribution in [0.1, 0.15) is 19.6 Å². The van der Waals surface area contributed by atoms with Crippen LogP contribution < -0.4 is 10.5 Å². The molecule has 0 amide bonds. The normalized spacial score (nSPS) is 25.8. The molecule has 126 valence electrons. The van der Waals surface area contributed by atoms with E-state index in [1.54, 1.807) is 11.5 Å². The lowest BCUT2D eigenvalue weighted by Gasteiger charge is -2.14. The molecule has 1 fully saturated rings. The van der Waals surface area contributed by atoms with Crippen molar-refractivity contribution < 1.29 is 24.8 Å². The first kappa shape index (κ1) is 15.9. The van der Waals surface area contributed by atoms with Crippen molar-refractivity contribution in [3.63, 3.8) is 0 Å². The number of nitrogens with zero attached hydrogens (tertiary/aromatic N) is 4. The maximum absolute atomic E-state index is 9.86. The number of anilines is 1. The molecule has 2 aromatic heterocycles. The van der Waals surface area contributed by atoms with Gasteiger partial charge in [-0.15, -0.1) is 0 Å². The van der Waals surface area contributed by atoms with E-state index in [2.05, 4.69) is 15.0 Å². The van der Waals surface area contributed by atoms with Crippen molar-refractivity contribution in [3.8, 4) is 5.88 Å². The molecule has 0 saturated carbocycles. The molecule has 0 aromatic carbocycles. The predicted molar refractivity (Wildman–Crippen MR) is 78.5 cm³/mol. The molecule has 0 radical (unpaired) electrons. The Labute approximate surface area is 131 Å². The molecule has 0 spiro atoms. The highest BCUT2D eigenvalue weighted by molar-refractivity contribution is 5.77. The number of hydrogen-bond acceptors (Lipinski definition) is 9. The Balaban J connectivity index is 1.94. The molecule has 0 bridgehead atoms. The summed E-state index contributed by atoms with van der Waals surface area (Å²) >= 11 is 0. The number of rotatable bonds is 5. The molecular weight excluding hydrogens is 306 g/mol. The number of ether oxygens (including phenoxy) is 2. The van der Waals surface area contributed by atoms with E-state index in [1.165, 1.54) is 6.33 Å². The standard InChI is InChI=1S/C13H19N5O5/c1-6(20)4-22-12-10-11(16-13(14)17-12)18(5-15-10)9-2-7(21)8(3-19)23-9/h5-9,19-21H,2-4H2,1H3,(H2,14,16,17)/t6-,7-,8+,9+/m0/s1. The second-order valence-electron chi connectivity index (χ2n) is 5.49. The van der Waals surface area contributed by atoms with Gasteiger partial charge < -0.3 is 30.5 Å². The van der Waals surface area contributed by atoms with Crippen LogP contribution in [0, 0.1) is 0 Å². The van der Waals surface area contributed by atoms with Gasteiger partial charge >= 0.3 is 0 Å². The summed E-state index contributed by atoms with van der Waals surface area (Å²) in [6.45, 7) is 1.36. The van der Waals surface area contributed by atoms with Gasteiger partial charge in [-0.1, -0.05) is 0 Å². The van der Waals surface area contributed by atoms with E-state index >= 15 is 0 Å². The molecular formula is C13H19N5O5. The maximum Gasteiger partial charge on any atom is 0.247 e. The Bertz CT molecular complexity index is 691. The quantitative estimate of drug-likeness (QED) is 0.532. The summed E-state index contributed by atoms with van der Waals surface area (Å²) in [5.41, 5.74) is 6.48. The van der Waals surface area contributed by atoms with Gasteiger partial charge in [-0.3, -0.25) is 4.57 Å². The van der Waals surface area contributed by atoms with E-state index < -0.39 is 24.5 Å². The van der Waals surface area contributed by atoms with Crippen molar-refractivity contribution in [2.75, 3.05) is 18.9 Å². The van der Waals surface area contributed by atoms with Crippen LogP contribution >= 0.6 is 0 Å². The highest BCUT2D eigenvalue weighted by Gasteiger charge is 2.35. The lowest BCUT2D eigenvalue weighted by molar-refractivity contribution is -0.0432. The van der Waals surface area contributed by atoms with Crippen molar-refractivity contribution >= 4 is 17.1 Å². The molecule has 3 heterocycles.